The maximum Gasteiger partial charge on any atom is 0.416 e. The van der Waals surface area contributed by atoms with E-state index in [1.165, 1.54) is 6.07 Å². The first-order chi connectivity index (χ1) is 10.8. The first kappa shape index (κ1) is 16.1. The molecule has 0 saturated heterocycles. The third-order valence-electron chi connectivity index (χ3n) is 4.55. The van der Waals surface area contributed by atoms with E-state index < -0.39 is 23.0 Å². The van der Waals surface area contributed by atoms with Crippen molar-refractivity contribution in [3.63, 3.8) is 0 Å². The third kappa shape index (κ3) is 3.43. The molecule has 1 fully saturated rings. The molecule has 1 aromatic rings. The first-order valence-electron chi connectivity index (χ1n) is 7.68. The molecular weight excluding hydrogens is 310 g/mol. The Morgan fingerprint density at radius 1 is 1.26 bits per heavy atom. The number of benzene rings is 1. The predicted octanol–water partition coefficient (Wildman–Crippen LogP) is 3.16. The number of alkyl halides is 3. The normalized spacial score (nSPS) is 20.2. The molecule has 7 heteroatoms. The van der Waals surface area contributed by atoms with Crippen LogP contribution in [0.3, 0.4) is 0 Å². The molecule has 3 rings (SSSR count). The van der Waals surface area contributed by atoms with Crippen LogP contribution in [0, 0.1) is 5.82 Å². The minimum absolute atomic E-state index is 0.413. The van der Waals surface area contributed by atoms with Gasteiger partial charge in [-0.1, -0.05) is 0 Å². The maximum absolute atomic E-state index is 13.6. The molecule has 1 aliphatic heterocycles. The van der Waals surface area contributed by atoms with Crippen molar-refractivity contribution in [3.05, 3.63) is 35.1 Å². The molecule has 0 radical (unpaired) electrons. The first-order valence-corrected chi connectivity index (χ1v) is 7.68. The van der Waals surface area contributed by atoms with Crippen molar-refractivity contribution < 1.29 is 17.6 Å². The van der Waals surface area contributed by atoms with Gasteiger partial charge in [-0.2, -0.15) is 13.2 Å². The van der Waals surface area contributed by atoms with Crippen LogP contribution >= 0.6 is 0 Å². The van der Waals surface area contributed by atoms with Crippen molar-refractivity contribution in [1.82, 2.24) is 10.2 Å². The quantitative estimate of drug-likeness (QED) is 0.863. The van der Waals surface area contributed by atoms with Gasteiger partial charge in [0.2, 0.25) is 0 Å². The van der Waals surface area contributed by atoms with Gasteiger partial charge in [0, 0.05) is 32.1 Å². The fourth-order valence-electron chi connectivity index (χ4n) is 2.94. The highest BCUT2D eigenvalue weighted by Gasteiger charge is 2.46. The Morgan fingerprint density at radius 3 is 2.61 bits per heavy atom. The molecule has 0 aromatic heterocycles. The van der Waals surface area contributed by atoms with Crippen LogP contribution in [-0.4, -0.2) is 37.5 Å². The summed E-state index contributed by atoms with van der Waals surface area (Å²) >= 11 is 0. The zero-order chi connectivity index (χ0) is 16.7. The van der Waals surface area contributed by atoms with E-state index in [9.17, 15) is 17.6 Å². The van der Waals surface area contributed by atoms with Crippen molar-refractivity contribution >= 4 is 5.96 Å². The highest BCUT2D eigenvalue weighted by Crippen LogP contribution is 2.49. The van der Waals surface area contributed by atoms with Crippen LogP contribution in [0.15, 0.2) is 23.2 Å². The van der Waals surface area contributed by atoms with E-state index in [2.05, 4.69) is 10.3 Å². The zero-order valence-corrected chi connectivity index (χ0v) is 12.9. The second-order valence-corrected chi connectivity index (χ2v) is 6.34. The zero-order valence-electron chi connectivity index (χ0n) is 12.9. The summed E-state index contributed by atoms with van der Waals surface area (Å²) in [7, 11) is 1.93. The van der Waals surface area contributed by atoms with Gasteiger partial charge in [-0.05, 0) is 43.0 Å². The fourth-order valence-corrected chi connectivity index (χ4v) is 2.94. The van der Waals surface area contributed by atoms with E-state index >= 15 is 0 Å². The Labute approximate surface area is 132 Å². The number of rotatable bonds is 3. The minimum Gasteiger partial charge on any atom is -0.355 e. The molecule has 0 atom stereocenters. The van der Waals surface area contributed by atoms with Gasteiger partial charge in [0.15, 0.2) is 5.96 Å². The molecule has 3 nitrogen and oxygen atoms in total. The number of hydrogen-bond acceptors (Lipinski definition) is 3. The largest absolute Gasteiger partial charge is 0.416 e. The Kier molecular flexibility index (Phi) is 3.98. The summed E-state index contributed by atoms with van der Waals surface area (Å²) in [4.78, 5) is 6.38. The maximum atomic E-state index is 13.6. The van der Waals surface area contributed by atoms with Gasteiger partial charge in [0.1, 0.15) is 5.82 Å². The Balaban J connectivity index is 1.78. The lowest BCUT2D eigenvalue weighted by Gasteiger charge is -2.28. The summed E-state index contributed by atoms with van der Waals surface area (Å²) in [6, 6.07) is 2.84. The van der Waals surface area contributed by atoms with Crippen LogP contribution in [0.1, 0.15) is 30.4 Å². The Morgan fingerprint density at radius 2 is 2.00 bits per heavy atom. The van der Waals surface area contributed by atoms with Crippen LogP contribution in [-0.2, 0) is 11.6 Å². The fraction of sp³-hybridized carbons (Fsp3) is 0.562. The van der Waals surface area contributed by atoms with Gasteiger partial charge in [-0.3, -0.25) is 4.99 Å². The molecule has 1 aliphatic carbocycles. The standard InChI is InChI=1S/C16H19F4N3/c1-23-6-2-5-21-14(23)22-10-15(3-4-15)11-7-12(16(18,19)20)9-13(17)8-11/h7-9H,2-6,10H2,1H3,(H,21,22). The summed E-state index contributed by atoms with van der Waals surface area (Å²) in [5.74, 6) is -0.0804. The third-order valence-corrected chi connectivity index (χ3v) is 4.55. The van der Waals surface area contributed by atoms with Gasteiger partial charge in [0.25, 0.3) is 0 Å². The van der Waals surface area contributed by atoms with Gasteiger partial charge in [-0.15, -0.1) is 0 Å². The second kappa shape index (κ2) is 5.69. The molecular formula is C16H19F4N3. The van der Waals surface area contributed by atoms with E-state index in [-0.39, 0.29) is 0 Å². The lowest BCUT2D eigenvalue weighted by molar-refractivity contribution is -0.137. The van der Waals surface area contributed by atoms with Crippen molar-refractivity contribution in [2.75, 3.05) is 26.7 Å². The van der Waals surface area contributed by atoms with E-state index in [0.717, 1.165) is 44.4 Å². The summed E-state index contributed by atoms with van der Waals surface area (Å²) < 4.78 is 52.2. The Bertz CT molecular complexity index is 620. The number of halogens is 4. The van der Waals surface area contributed by atoms with Crippen LogP contribution in [0.4, 0.5) is 17.6 Å². The van der Waals surface area contributed by atoms with E-state index in [1.54, 1.807) is 0 Å². The number of guanidine groups is 1. The molecule has 1 N–H and O–H groups in total. The van der Waals surface area contributed by atoms with E-state index in [4.69, 9.17) is 0 Å². The van der Waals surface area contributed by atoms with Crippen LogP contribution in [0.5, 0.6) is 0 Å². The molecule has 1 heterocycles. The summed E-state index contributed by atoms with van der Waals surface area (Å²) in [5, 5.41) is 3.22. The van der Waals surface area contributed by atoms with Crippen molar-refractivity contribution in [3.8, 4) is 0 Å². The molecule has 1 saturated carbocycles. The SMILES string of the molecule is CN1CCCN=C1NCC1(c2cc(F)cc(C(F)(F)F)c2)CC1. The van der Waals surface area contributed by atoms with E-state index in [1.807, 2.05) is 11.9 Å². The number of hydrogen-bond donors (Lipinski definition) is 1. The van der Waals surface area contributed by atoms with Crippen molar-refractivity contribution in [2.24, 2.45) is 4.99 Å². The average molecular weight is 329 g/mol. The van der Waals surface area contributed by atoms with Crippen molar-refractivity contribution in [1.29, 1.82) is 0 Å². The molecule has 2 aliphatic rings. The van der Waals surface area contributed by atoms with Crippen LogP contribution in [0.25, 0.3) is 0 Å². The van der Waals surface area contributed by atoms with Gasteiger partial charge < -0.3 is 10.2 Å². The summed E-state index contributed by atoms with van der Waals surface area (Å²) in [6.07, 6.45) is -2.05. The molecule has 0 bridgehead atoms. The van der Waals surface area contributed by atoms with Crippen molar-refractivity contribution in [2.45, 2.75) is 30.9 Å². The Hall–Kier alpha value is -1.79. The molecule has 0 spiro atoms. The number of aliphatic imine (C=N–C) groups is 1. The van der Waals surface area contributed by atoms with Gasteiger partial charge in [0.05, 0.1) is 5.56 Å². The lowest BCUT2D eigenvalue weighted by atomic mass is 9.94. The predicted molar refractivity (Wildman–Crippen MR) is 79.9 cm³/mol. The summed E-state index contributed by atoms with van der Waals surface area (Å²) in [5.41, 5.74) is -0.939. The van der Waals surface area contributed by atoms with Crippen LogP contribution in [0.2, 0.25) is 0 Å². The van der Waals surface area contributed by atoms with Crippen LogP contribution < -0.4 is 5.32 Å². The molecule has 0 unspecified atom stereocenters. The topological polar surface area (TPSA) is 27.6 Å². The lowest BCUT2D eigenvalue weighted by Crippen LogP contribution is -2.44. The molecule has 126 valence electrons. The molecule has 0 amide bonds. The number of nitrogens with one attached hydrogen (secondary N) is 1. The smallest absolute Gasteiger partial charge is 0.355 e. The second-order valence-electron chi connectivity index (χ2n) is 6.34. The monoisotopic (exact) mass is 329 g/mol. The average Bonchev–Trinajstić information content (AvgIpc) is 3.26. The highest BCUT2D eigenvalue weighted by molar-refractivity contribution is 5.80. The van der Waals surface area contributed by atoms with Gasteiger partial charge in [-0.25, -0.2) is 4.39 Å². The highest BCUT2D eigenvalue weighted by atomic mass is 19.4. The van der Waals surface area contributed by atoms with Gasteiger partial charge >= 0.3 is 6.18 Å². The minimum atomic E-state index is -4.53. The number of nitrogens with zero attached hydrogens (tertiary/aromatic N) is 2. The van der Waals surface area contributed by atoms with E-state index in [0.29, 0.717) is 18.2 Å². The summed E-state index contributed by atoms with van der Waals surface area (Å²) in [6.45, 7) is 2.12. The molecule has 23 heavy (non-hydrogen) atoms. The molecule has 1 aromatic carbocycles.